The van der Waals surface area contributed by atoms with Crippen molar-refractivity contribution >= 4 is 23.5 Å². The van der Waals surface area contributed by atoms with Crippen molar-refractivity contribution in [2.45, 2.75) is 6.42 Å². The first-order valence-electron chi connectivity index (χ1n) is 3.44. The van der Waals surface area contributed by atoms with Gasteiger partial charge in [-0.15, -0.1) is 0 Å². The summed E-state index contributed by atoms with van der Waals surface area (Å²) in [5.41, 5.74) is 0. The van der Waals surface area contributed by atoms with Crippen molar-refractivity contribution in [2.75, 3.05) is 18.6 Å². The second-order valence-electron chi connectivity index (χ2n) is 2.38. The maximum absolute atomic E-state index is 11.1. The first-order valence-corrected chi connectivity index (χ1v) is 4.59. The van der Waals surface area contributed by atoms with E-state index in [9.17, 15) is 9.59 Å². The minimum absolute atomic E-state index is 0.00750. The quantitative estimate of drug-likeness (QED) is 0.428. The average Bonchev–Trinajstić information content (AvgIpc) is 2.04. The van der Waals surface area contributed by atoms with Gasteiger partial charge in [-0.3, -0.25) is 9.59 Å². The SMILES string of the molecule is COC(=O)C1CCSCC1=O. The van der Waals surface area contributed by atoms with Crippen LogP contribution in [-0.4, -0.2) is 30.4 Å². The van der Waals surface area contributed by atoms with Crippen LogP contribution in [0.5, 0.6) is 0 Å². The molecule has 1 aliphatic heterocycles. The van der Waals surface area contributed by atoms with Crippen LogP contribution in [-0.2, 0) is 14.3 Å². The summed E-state index contributed by atoms with van der Waals surface area (Å²) in [7, 11) is 1.32. The van der Waals surface area contributed by atoms with Crippen molar-refractivity contribution in [2.24, 2.45) is 5.92 Å². The molecule has 1 heterocycles. The van der Waals surface area contributed by atoms with Crippen molar-refractivity contribution in [1.82, 2.24) is 0 Å². The Hall–Kier alpha value is -0.510. The highest BCUT2D eigenvalue weighted by Gasteiger charge is 2.29. The van der Waals surface area contributed by atoms with Crippen LogP contribution in [0.2, 0.25) is 0 Å². The van der Waals surface area contributed by atoms with E-state index in [0.29, 0.717) is 12.2 Å². The maximum Gasteiger partial charge on any atom is 0.316 e. The third-order valence-electron chi connectivity index (χ3n) is 1.67. The number of hydrogen-bond donors (Lipinski definition) is 0. The predicted molar refractivity (Wildman–Crippen MR) is 42.5 cm³/mol. The number of ether oxygens (including phenoxy) is 1. The summed E-state index contributed by atoms with van der Waals surface area (Å²) in [6, 6.07) is 0. The molecule has 3 nitrogen and oxygen atoms in total. The smallest absolute Gasteiger partial charge is 0.316 e. The fraction of sp³-hybridized carbons (Fsp3) is 0.714. The molecule has 1 fully saturated rings. The Morgan fingerprint density at radius 2 is 2.45 bits per heavy atom. The first kappa shape index (κ1) is 8.59. The van der Waals surface area contributed by atoms with Crippen LogP contribution in [0.3, 0.4) is 0 Å². The van der Waals surface area contributed by atoms with Gasteiger partial charge in [-0.05, 0) is 12.2 Å². The van der Waals surface area contributed by atoms with Gasteiger partial charge in [-0.1, -0.05) is 0 Å². The number of methoxy groups -OCH3 is 1. The van der Waals surface area contributed by atoms with Crippen LogP contribution in [0.25, 0.3) is 0 Å². The summed E-state index contributed by atoms with van der Waals surface area (Å²) < 4.78 is 4.49. The molecular formula is C7H10O3S. The van der Waals surface area contributed by atoms with E-state index < -0.39 is 5.92 Å². The summed E-state index contributed by atoms with van der Waals surface area (Å²) in [6.07, 6.45) is 0.635. The van der Waals surface area contributed by atoms with Crippen LogP contribution < -0.4 is 0 Å². The molecule has 1 rings (SSSR count). The molecule has 0 N–H and O–H groups in total. The van der Waals surface area contributed by atoms with Crippen molar-refractivity contribution in [3.05, 3.63) is 0 Å². The Kier molecular flexibility index (Phi) is 2.93. The van der Waals surface area contributed by atoms with Gasteiger partial charge in [-0.25, -0.2) is 0 Å². The highest BCUT2D eigenvalue weighted by Crippen LogP contribution is 2.20. The predicted octanol–water partition coefficient (Wildman–Crippen LogP) is 0.482. The molecule has 0 spiro atoms. The van der Waals surface area contributed by atoms with Gasteiger partial charge in [0.05, 0.1) is 12.9 Å². The Labute approximate surface area is 69.5 Å². The molecular weight excluding hydrogens is 164 g/mol. The topological polar surface area (TPSA) is 43.4 Å². The van der Waals surface area contributed by atoms with Crippen LogP contribution >= 0.6 is 11.8 Å². The number of rotatable bonds is 1. The third-order valence-corrected chi connectivity index (χ3v) is 2.68. The van der Waals surface area contributed by atoms with Crippen LogP contribution in [0.1, 0.15) is 6.42 Å². The van der Waals surface area contributed by atoms with E-state index >= 15 is 0 Å². The van der Waals surface area contributed by atoms with Crippen molar-refractivity contribution in [3.63, 3.8) is 0 Å². The molecule has 0 aliphatic carbocycles. The van der Waals surface area contributed by atoms with Gasteiger partial charge in [0.15, 0.2) is 5.78 Å². The van der Waals surface area contributed by atoms with Gasteiger partial charge >= 0.3 is 5.97 Å². The van der Waals surface area contributed by atoms with Crippen molar-refractivity contribution in [1.29, 1.82) is 0 Å². The molecule has 4 heteroatoms. The second-order valence-corrected chi connectivity index (χ2v) is 3.49. The van der Waals surface area contributed by atoms with E-state index in [4.69, 9.17) is 0 Å². The molecule has 0 radical (unpaired) electrons. The Bertz CT molecular complexity index is 171. The van der Waals surface area contributed by atoms with Gasteiger partial charge in [0.25, 0.3) is 0 Å². The number of carbonyl (C=O) groups is 2. The molecule has 0 amide bonds. The summed E-state index contributed by atoms with van der Waals surface area (Å²) in [5.74, 6) is 0.482. The normalized spacial score (nSPS) is 24.8. The summed E-state index contributed by atoms with van der Waals surface area (Å²) in [4.78, 5) is 22.0. The van der Waals surface area contributed by atoms with Gasteiger partial charge in [0.1, 0.15) is 5.92 Å². The largest absolute Gasteiger partial charge is 0.468 e. The Morgan fingerprint density at radius 3 is 3.00 bits per heavy atom. The van der Waals surface area contributed by atoms with Gasteiger partial charge < -0.3 is 4.74 Å². The van der Waals surface area contributed by atoms with E-state index in [1.807, 2.05) is 0 Å². The van der Waals surface area contributed by atoms with Crippen molar-refractivity contribution in [3.8, 4) is 0 Å². The molecule has 0 aromatic heterocycles. The zero-order chi connectivity index (χ0) is 8.27. The number of carbonyl (C=O) groups excluding carboxylic acids is 2. The van der Waals surface area contributed by atoms with Gasteiger partial charge in [-0.2, -0.15) is 11.8 Å². The summed E-state index contributed by atoms with van der Waals surface area (Å²) in [5, 5.41) is 0. The minimum Gasteiger partial charge on any atom is -0.468 e. The third kappa shape index (κ3) is 1.96. The lowest BCUT2D eigenvalue weighted by Crippen LogP contribution is -2.30. The lowest BCUT2D eigenvalue weighted by atomic mass is 10.0. The van der Waals surface area contributed by atoms with Gasteiger partial charge in [0.2, 0.25) is 0 Å². The lowest BCUT2D eigenvalue weighted by molar-refractivity contribution is -0.148. The van der Waals surface area contributed by atoms with Crippen LogP contribution in [0, 0.1) is 5.92 Å². The molecule has 1 aliphatic rings. The molecule has 0 bridgehead atoms. The van der Waals surface area contributed by atoms with E-state index in [2.05, 4.69) is 4.74 Å². The minimum atomic E-state index is -0.485. The molecule has 1 atom stereocenters. The fourth-order valence-corrected chi connectivity index (χ4v) is 1.98. The number of esters is 1. The molecule has 0 aromatic carbocycles. The number of Topliss-reactive ketones (excluding diaryl/α,β-unsaturated/α-hetero) is 1. The molecule has 0 aromatic rings. The van der Waals surface area contributed by atoms with E-state index in [-0.39, 0.29) is 11.8 Å². The average molecular weight is 174 g/mol. The van der Waals surface area contributed by atoms with E-state index in [1.54, 1.807) is 11.8 Å². The standard InChI is InChI=1S/C7H10O3S/c1-10-7(9)5-2-3-11-4-6(5)8/h5H,2-4H2,1H3. The number of ketones is 1. The Balaban J connectivity index is 2.54. The van der Waals surface area contributed by atoms with E-state index in [0.717, 1.165) is 5.75 Å². The Morgan fingerprint density at radius 1 is 1.73 bits per heavy atom. The van der Waals surface area contributed by atoms with Gasteiger partial charge in [0, 0.05) is 0 Å². The first-order chi connectivity index (χ1) is 5.25. The zero-order valence-electron chi connectivity index (χ0n) is 6.33. The maximum atomic E-state index is 11.1. The molecule has 11 heavy (non-hydrogen) atoms. The highest BCUT2D eigenvalue weighted by molar-refractivity contribution is 8.00. The summed E-state index contributed by atoms with van der Waals surface area (Å²) >= 11 is 1.58. The monoisotopic (exact) mass is 174 g/mol. The van der Waals surface area contributed by atoms with Crippen LogP contribution in [0.15, 0.2) is 0 Å². The van der Waals surface area contributed by atoms with Crippen molar-refractivity contribution < 1.29 is 14.3 Å². The second kappa shape index (κ2) is 3.76. The molecule has 1 saturated heterocycles. The highest BCUT2D eigenvalue weighted by atomic mass is 32.2. The molecule has 62 valence electrons. The molecule has 0 saturated carbocycles. The lowest BCUT2D eigenvalue weighted by Gasteiger charge is -2.17. The zero-order valence-corrected chi connectivity index (χ0v) is 7.15. The van der Waals surface area contributed by atoms with E-state index in [1.165, 1.54) is 7.11 Å². The number of hydrogen-bond acceptors (Lipinski definition) is 4. The number of thioether (sulfide) groups is 1. The fourth-order valence-electron chi connectivity index (χ4n) is 1.03. The summed E-state index contributed by atoms with van der Waals surface area (Å²) in [6.45, 7) is 0. The van der Waals surface area contributed by atoms with Crippen LogP contribution in [0.4, 0.5) is 0 Å². The molecule has 1 unspecified atom stereocenters.